The molecule has 0 atom stereocenters. The molecule has 0 fully saturated rings. The smallest absolute Gasteiger partial charge is 0.164 e. The Labute approximate surface area is 306 Å². The SMILES string of the molecule is c1ccc(-c2ccc(-c3nc(-c4ccc(-c5cccc6ccc7c8ccccc8oc7c56)cc4)nc(-c4cccc(-c5ccccc5)c4)n3)cc2)cc1. The van der Waals surface area contributed by atoms with Gasteiger partial charge in [-0.1, -0.05) is 170 Å². The van der Waals surface area contributed by atoms with Gasteiger partial charge in [0.05, 0.1) is 0 Å². The highest BCUT2D eigenvalue weighted by atomic mass is 16.3. The molecule has 0 bridgehead atoms. The van der Waals surface area contributed by atoms with Crippen LogP contribution in [0.5, 0.6) is 0 Å². The average Bonchev–Trinajstić information content (AvgIpc) is 3.63. The van der Waals surface area contributed by atoms with Crippen LogP contribution in [0.2, 0.25) is 0 Å². The highest BCUT2D eigenvalue weighted by molar-refractivity contribution is 6.18. The van der Waals surface area contributed by atoms with Crippen LogP contribution in [-0.4, -0.2) is 15.0 Å². The molecule has 2 heterocycles. The van der Waals surface area contributed by atoms with Crippen LogP contribution < -0.4 is 0 Å². The molecule has 0 N–H and O–H groups in total. The minimum Gasteiger partial charge on any atom is -0.455 e. The second-order valence-corrected chi connectivity index (χ2v) is 13.2. The molecule has 0 saturated heterocycles. The van der Waals surface area contributed by atoms with Crippen molar-refractivity contribution in [1.29, 1.82) is 0 Å². The van der Waals surface area contributed by atoms with Gasteiger partial charge >= 0.3 is 0 Å². The van der Waals surface area contributed by atoms with Gasteiger partial charge in [-0.05, 0) is 57.0 Å². The largest absolute Gasteiger partial charge is 0.455 e. The first-order chi connectivity index (χ1) is 26.2. The quantitative estimate of drug-likeness (QED) is 0.176. The summed E-state index contributed by atoms with van der Waals surface area (Å²) in [4.78, 5) is 15.2. The average molecular weight is 678 g/mol. The van der Waals surface area contributed by atoms with E-state index in [1.807, 2.05) is 24.3 Å². The van der Waals surface area contributed by atoms with E-state index in [0.717, 1.165) is 77.2 Å². The molecule has 0 saturated carbocycles. The topological polar surface area (TPSA) is 51.8 Å². The molecule has 10 aromatic rings. The second-order valence-electron chi connectivity index (χ2n) is 13.2. The van der Waals surface area contributed by atoms with Gasteiger partial charge in [-0.15, -0.1) is 0 Å². The van der Waals surface area contributed by atoms with Crippen LogP contribution in [0, 0.1) is 0 Å². The predicted molar refractivity (Wildman–Crippen MR) is 217 cm³/mol. The van der Waals surface area contributed by atoms with Crippen LogP contribution >= 0.6 is 0 Å². The molecular weight excluding hydrogens is 647 g/mol. The van der Waals surface area contributed by atoms with Gasteiger partial charge < -0.3 is 4.42 Å². The predicted octanol–water partition coefficient (Wildman–Crippen LogP) is 12.9. The molecule has 0 spiro atoms. The number of rotatable bonds is 6. The van der Waals surface area contributed by atoms with Crippen molar-refractivity contribution in [2.45, 2.75) is 0 Å². The van der Waals surface area contributed by atoms with Crippen LogP contribution in [-0.2, 0) is 0 Å². The van der Waals surface area contributed by atoms with Gasteiger partial charge in [-0.25, -0.2) is 15.0 Å². The molecule has 0 aliphatic heterocycles. The molecule has 0 amide bonds. The summed E-state index contributed by atoms with van der Waals surface area (Å²) < 4.78 is 6.47. The van der Waals surface area contributed by atoms with Crippen molar-refractivity contribution in [3.8, 4) is 67.5 Å². The second kappa shape index (κ2) is 12.9. The third kappa shape index (κ3) is 5.63. The van der Waals surface area contributed by atoms with Gasteiger partial charge in [0, 0.05) is 32.8 Å². The van der Waals surface area contributed by atoms with Gasteiger partial charge in [-0.3, -0.25) is 0 Å². The summed E-state index contributed by atoms with van der Waals surface area (Å²) in [6.45, 7) is 0. The summed E-state index contributed by atoms with van der Waals surface area (Å²) in [5, 5.41) is 4.49. The summed E-state index contributed by atoms with van der Waals surface area (Å²) in [5.74, 6) is 1.87. The van der Waals surface area contributed by atoms with E-state index in [0.29, 0.717) is 17.5 Å². The monoisotopic (exact) mass is 677 g/mol. The first kappa shape index (κ1) is 30.6. The van der Waals surface area contributed by atoms with Gasteiger partial charge in [0.1, 0.15) is 11.2 Å². The van der Waals surface area contributed by atoms with E-state index in [1.54, 1.807) is 0 Å². The number of fused-ring (bicyclic) bond motifs is 5. The lowest BCUT2D eigenvalue weighted by atomic mass is 9.95. The molecule has 0 aliphatic rings. The lowest BCUT2D eigenvalue weighted by molar-refractivity contribution is 0.673. The first-order valence-corrected chi connectivity index (χ1v) is 17.8. The van der Waals surface area contributed by atoms with Crippen molar-refractivity contribution in [3.05, 3.63) is 188 Å². The zero-order chi connectivity index (χ0) is 35.1. The maximum atomic E-state index is 6.47. The summed E-state index contributed by atoms with van der Waals surface area (Å²) in [6.07, 6.45) is 0. The third-order valence-corrected chi connectivity index (χ3v) is 9.95. The van der Waals surface area contributed by atoms with Crippen molar-refractivity contribution in [2.75, 3.05) is 0 Å². The molecule has 2 aromatic heterocycles. The van der Waals surface area contributed by atoms with Crippen molar-refractivity contribution < 1.29 is 4.42 Å². The molecule has 8 aromatic carbocycles. The number of hydrogen-bond donors (Lipinski definition) is 0. The maximum Gasteiger partial charge on any atom is 0.164 e. The van der Waals surface area contributed by atoms with Gasteiger partial charge in [0.15, 0.2) is 17.5 Å². The van der Waals surface area contributed by atoms with E-state index < -0.39 is 0 Å². The fourth-order valence-electron chi connectivity index (χ4n) is 7.27. The Morgan fingerprint density at radius 1 is 0.321 bits per heavy atom. The minimum atomic E-state index is 0.617. The van der Waals surface area contributed by atoms with E-state index in [4.69, 9.17) is 19.4 Å². The molecular formula is C49H31N3O. The summed E-state index contributed by atoms with van der Waals surface area (Å²) in [6, 6.07) is 65.1. The molecule has 0 aliphatic carbocycles. The Morgan fingerprint density at radius 3 is 1.53 bits per heavy atom. The number of para-hydroxylation sites is 1. The maximum absolute atomic E-state index is 6.47. The minimum absolute atomic E-state index is 0.617. The number of benzene rings is 8. The molecule has 53 heavy (non-hydrogen) atoms. The Morgan fingerprint density at radius 2 is 0.830 bits per heavy atom. The van der Waals surface area contributed by atoms with Crippen LogP contribution in [0.1, 0.15) is 0 Å². The Bertz CT molecular complexity index is 2910. The number of aromatic nitrogens is 3. The third-order valence-electron chi connectivity index (χ3n) is 9.95. The van der Waals surface area contributed by atoms with Crippen LogP contribution in [0.15, 0.2) is 192 Å². The van der Waals surface area contributed by atoms with E-state index >= 15 is 0 Å². The van der Waals surface area contributed by atoms with Gasteiger partial charge in [0.2, 0.25) is 0 Å². The van der Waals surface area contributed by atoms with Gasteiger partial charge in [0.25, 0.3) is 0 Å². The zero-order valence-corrected chi connectivity index (χ0v) is 28.6. The Hall–Kier alpha value is -7.17. The van der Waals surface area contributed by atoms with E-state index in [9.17, 15) is 0 Å². The lowest BCUT2D eigenvalue weighted by Crippen LogP contribution is -2.00. The number of furan rings is 1. The summed E-state index contributed by atoms with van der Waals surface area (Å²) >= 11 is 0. The van der Waals surface area contributed by atoms with E-state index in [-0.39, 0.29) is 0 Å². The fourth-order valence-corrected chi connectivity index (χ4v) is 7.27. The Balaban J connectivity index is 1.08. The molecule has 4 nitrogen and oxygen atoms in total. The zero-order valence-electron chi connectivity index (χ0n) is 28.6. The molecule has 248 valence electrons. The van der Waals surface area contributed by atoms with Crippen molar-refractivity contribution in [3.63, 3.8) is 0 Å². The van der Waals surface area contributed by atoms with E-state index in [2.05, 4.69) is 164 Å². The standard InChI is InChI=1S/C49H31N3O/c1-3-11-32(12-4-1)34-21-25-37(26-22-34)47-50-48(52-49(51-47)40-17-9-16-39(31-40)33-13-5-2-6-14-33)38-27-23-35(24-28-38)41-19-10-15-36-29-30-43-42-18-7-8-20-44(42)53-46(43)45(36)41/h1-31H. The highest BCUT2D eigenvalue weighted by Crippen LogP contribution is 2.39. The highest BCUT2D eigenvalue weighted by Gasteiger charge is 2.16. The van der Waals surface area contributed by atoms with Crippen LogP contribution in [0.25, 0.3) is 100 Å². The van der Waals surface area contributed by atoms with Crippen LogP contribution in [0.4, 0.5) is 0 Å². The van der Waals surface area contributed by atoms with Crippen molar-refractivity contribution >= 4 is 32.7 Å². The Kier molecular flexibility index (Phi) is 7.43. The first-order valence-electron chi connectivity index (χ1n) is 17.8. The van der Waals surface area contributed by atoms with E-state index in [1.165, 1.54) is 5.56 Å². The molecule has 4 heteroatoms. The lowest BCUT2D eigenvalue weighted by Gasteiger charge is -2.11. The number of hydrogen-bond acceptors (Lipinski definition) is 4. The molecule has 0 radical (unpaired) electrons. The molecule has 0 unspecified atom stereocenters. The van der Waals surface area contributed by atoms with Crippen LogP contribution in [0.3, 0.4) is 0 Å². The molecule has 10 rings (SSSR count). The normalized spacial score (nSPS) is 11.4. The van der Waals surface area contributed by atoms with Crippen molar-refractivity contribution in [2.24, 2.45) is 0 Å². The summed E-state index contributed by atoms with van der Waals surface area (Å²) in [7, 11) is 0. The summed E-state index contributed by atoms with van der Waals surface area (Å²) in [5.41, 5.74) is 11.3. The fraction of sp³-hybridized carbons (Fsp3) is 0. The van der Waals surface area contributed by atoms with Crippen molar-refractivity contribution in [1.82, 2.24) is 15.0 Å². The number of nitrogens with zero attached hydrogens (tertiary/aromatic N) is 3. The van der Waals surface area contributed by atoms with Gasteiger partial charge in [-0.2, -0.15) is 0 Å².